The number of hydrogen-bond donors (Lipinski definition) is 0. The van der Waals surface area contributed by atoms with Crippen LogP contribution in [0.15, 0.2) is 18.2 Å². The summed E-state index contributed by atoms with van der Waals surface area (Å²) in [6.07, 6.45) is 0. The average molecular weight is 329 g/mol. The molecule has 0 radical (unpaired) electrons. The summed E-state index contributed by atoms with van der Waals surface area (Å²) >= 11 is 3.37. The quantitative estimate of drug-likeness (QED) is 0.484. The molecule has 6 heteroatoms. The molecule has 0 fully saturated rings. The van der Waals surface area contributed by atoms with E-state index in [1.165, 1.54) is 12.1 Å². The molecule has 0 aliphatic heterocycles. The SMILES string of the molecule is Cc1ccc([N+](=O)[O-])cc1C(=O)N(C)C(C)(C)CBr. The van der Waals surface area contributed by atoms with Crippen molar-refractivity contribution in [2.75, 3.05) is 12.4 Å². The van der Waals surface area contributed by atoms with E-state index < -0.39 is 4.92 Å². The lowest BCUT2D eigenvalue weighted by atomic mass is 10.0. The number of amides is 1. The number of carbonyl (C=O) groups is 1. The molecule has 1 aromatic carbocycles. The van der Waals surface area contributed by atoms with Crippen LogP contribution in [0.5, 0.6) is 0 Å². The maximum atomic E-state index is 12.4. The van der Waals surface area contributed by atoms with Crippen molar-refractivity contribution in [2.45, 2.75) is 26.3 Å². The summed E-state index contributed by atoms with van der Waals surface area (Å²) in [5, 5.41) is 11.4. The fraction of sp³-hybridized carbons (Fsp3) is 0.462. The molecule has 0 saturated carbocycles. The maximum Gasteiger partial charge on any atom is 0.270 e. The topological polar surface area (TPSA) is 63.5 Å². The number of halogens is 1. The van der Waals surface area contributed by atoms with Gasteiger partial charge >= 0.3 is 0 Å². The Morgan fingerprint density at radius 1 is 1.47 bits per heavy atom. The number of aryl methyl sites for hydroxylation is 1. The average Bonchev–Trinajstić information content (AvgIpc) is 2.37. The Labute approximate surface area is 120 Å². The van der Waals surface area contributed by atoms with Gasteiger partial charge in [-0.2, -0.15) is 0 Å². The second-order valence-corrected chi connectivity index (χ2v) is 5.63. The molecule has 0 spiro atoms. The van der Waals surface area contributed by atoms with Crippen molar-refractivity contribution in [1.29, 1.82) is 0 Å². The van der Waals surface area contributed by atoms with Gasteiger partial charge in [0.25, 0.3) is 11.6 Å². The number of hydrogen-bond acceptors (Lipinski definition) is 3. The zero-order chi connectivity index (χ0) is 14.8. The van der Waals surface area contributed by atoms with Crippen LogP contribution in [-0.4, -0.2) is 33.6 Å². The summed E-state index contributed by atoms with van der Waals surface area (Å²) in [6.45, 7) is 5.62. The molecular formula is C13H17BrN2O3. The van der Waals surface area contributed by atoms with Gasteiger partial charge in [0.2, 0.25) is 0 Å². The van der Waals surface area contributed by atoms with Crippen molar-refractivity contribution in [2.24, 2.45) is 0 Å². The maximum absolute atomic E-state index is 12.4. The van der Waals surface area contributed by atoms with E-state index in [0.29, 0.717) is 10.9 Å². The van der Waals surface area contributed by atoms with E-state index in [2.05, 4.69) is 15.9 Å². The number of carbonyl (C=O) groups excluding carboxylic acids is 1. The summed E-state index contributed by atoms with van der Waals surface area (Å²) in [7, 11) is 1.70. The smallest absolute Gasteiger partial charge is 0.270 e. The zero-order valence-corrected chi connectivity index (χ0v) is 13.0. The number of rotatable bonds is 4. The molecule has 19 heavy (non-hydrogen) atoms. The van der Waals surface area contributed by atoms with Crippen molar-refractivity contribution >= 4 is 27.5 Å². The van der Waals surface area contributed by atoms with E-state index in [9.17, 15) is 14.9 Å². The third-order valence-electron chi connectivity index (χ3n) is 3.20. The highest BCUT2D eigenvalue weighted by atomic mass is 79.9. The molecule has 0 heterocycles. The van der Waals surface area contributed by atoms with Crippen LogP contribution in [0.25, 0.3) is 0 Å². The van der Waals surface area contributed by atoms with Crippen molar-refractivity contribution < 1.29 is 9.72 Å². The lowest BCUT2D eigenvalue weighted by Crippen LogP contribution is -2.46. The van der Waals surface area contributed by atoms with Gasteiger partial charge in [0.1, 0.15) is 0 Å². The fourth-order valence-corrected chi connectivity index (χ4v) is 1.88. The van der Waals surface area contributed by atoms with Crippen molar-refractivity contribution in [3.63, 3.8) is 0 Å². The second kappa shape index (κ2) is 5.69. The van der Waals surface area contributed by atoms with Gasteiger partial charge in [-0.3, -0.25) is 14.9 Å². The van der Waals surface area contributed by atoms with E-state index in [-0.39, 0.29) is 17.1 Å². The first-order chi connectivity index (χ1) is 8.70. The van der Waals surface area contributed by atoms with Crippen LogP contribution in [-0.2, 0) is 0 Å². The number of nitro benzene ring substituents is 1. The lowest BCUT2D eigenvalue weighted by molar-refractivity contribution is -0.384. The van der Waals surface area contributed by atoms with Crippen LogP contribution in [0, 0.1) is 17.0 Å². The third kappa shape index (κ3) is 3.32. The summed E-state index contributed by atoms with van der Waals surface area (Å²) in [5.41, 5.74) is 0.659. The fourth-order valence-electron chi connectivity index (χ4n) is 1.50. The first kappa shape index (κ1) is 15.6. The van der Waals surface area contributed by atoms with E-state index in [0.717, 1.165) is 5.56 Å². The predicted molar refractivity (Wildman–Crippen MR) is 77.8 cm³/mol. The zero-order valence-electron chi connectivity index (χ0n) is 11.4. The Morgan fingerprint density at radius 2 is 2.05 bits per heavy atom. The van der Waals surface area contributed by atoms with Gasteiger partial charge in [0, 0.05) is 35.6 Å². The number of nitrogens with zero attached hydrogens (tertiary/aromatic N) is 2. The minimum absolute atomic E-state index is 0.0704. The van der Waals surface area contributed by atoms with E-state index >= 15 is 0 Å². The largest absolute Gasteiger partial charge is 0.336 e. The molecule has 0 aromatic heterocycles. The standard InChI is InChI=1S/C13H17BrN2O3/c1-9-5-6-10(16(18)19)7-11(9)12(17)15(4)13(2,3)8-14/h5-7H,8H2,1-4H3. The molecule has 0 aliphatic carbocycles. The highest BCUT2D eigenvalue weighted by Gasteiger charge is 2.28. The molecule has 0 bridgehead atoms. The second-order valence-electron chi connectivity index (χ2n) is 5.07. The van der Waals surface area contributed by atoms with Gasteiger partial charge in [0.15, 0.2) is 0 Å². The predicted octanol–water partition coefficient (Wildman–Crippen LogP) is 3.15. The Hall–Kier alpha value is -1.43. The molecule has 0 saturated heterocycles. The van der Waals surface area contributed by atoms with Crippen LogP contribution in [0.2, 0.25) is 0 Å². The van der Waals surface area contributed by atoms with Crippen molar-refractivity contribution in [3.05, 3.63) is 39.4 Å². The molecule has 0 atom stereocenters. The minimum Gasteiger partial charge on any atom is -0.336 e. The molecule has 0 aliphatic rings. The monoisotopic (exact) mass is 328 g/mol. The Kier molecular flexibility index (Phi) is 4.68. The van der Waals surface area contributed by atoms with Gasteiger partial charge < -0.3 is 4.90 Å². The van der Waals surface area contributed by atoms with Crippen LogP contribution in [0.3, 0.4) is 0 Å². The summed E-state index contributed by atoms with van der Waals surface area (Å²) < 4.78 is 0. The summed E-state index contributed by atoms with van der Waals surface area (Å²) in [6, 6.07) is 4.33. The Bertz CT molecular complexity index is 515. The lowest BCUT2D eigenvalue weighted by Gasteiger charge is -2.34. The molecule has 1 amide bonds. The molecule has 5 nitrogen and oxygen atoms in total. The first-order valence-corrected chi connectivity index (χ1v) is 6.92. The van der Waals surface area contributed by atoms with Gasteiger partial charge in [-0.25, -0.2) is 0 Å². The summed E-state index contributed by atoms with van der Waals surface area (Å²) in [5.74, 6) is -0.217. The van der Waals surface area contributed by atoms with Crippen LogP contribution < -0.4 is 0 Å². The van der Waals surface area contributed by atoms with Gasteiger partial charge in [0.05, 0.1) is 4.92 Å². The molecule has 1 rings (SSSR count). The van der Waals surface area contributed by atoms with E-state index in [1.807, 2.05) is 13.8 Å². The van der Waals surface area contributed by atoms with E-state index in [1.54, 1.807) is 24.9 Å². The number of alkyl halides is 1. The molecule has 0 unspecified atom stereocenters. The number of non-ortho nitro benzene ring substituents is 1. The van der Waals surface area contributed by atoms with Crippen molar-refractivity contribution in [3.8, 4) is 0 Å². The number of nitro groups is 1. The highest BCUT2D eigenvalue weighted by Crippen LogP contribution is 2.23. The highest BCUT2D eigenvalue weighted by molar-refractivity contribution is 9.09. The van der Waals surface area contributed by atoms with Crippen LogP contribution >= 0.6 is 15.9 Å². The van der Waals surface area contributed by atoms with Crippen LogP contribution in [0.1, 0.15) is 29.8 Å². The van der Waals surface area contributed by atoms with Gasteiger partial charge in [-0.15, -0.1) is 0 Å². The van der Waals surface area contributed by atoms with Crippen molar-refractivity contribution in [1.82, 2.24) is 4.90 Å². The molecular weight excluding hydrogens is 312 g/mol. The molecule has 104 valence electrons. The minimum atomic E-state index is -0.494. The Balaban J connectivity index is 3.19. The molecule has 0 N–H and O–H groups in total. The van der Waals surface area contributed by atoms with Gasteiger partial charge in [-0.05, 0) is 26.3 Å². The van der Waals surface area contributed by atoms with E-state index in [4.69, 9.17) is 0 Å². The third-order valence-corrected chi connectivity index (χ3v) is 4.57. The Morgan fingerprint density at radius 3 is 2.53 bits per heavy atom. The van der Waals surface area contributed by atoms with Crippen LogP contribution in [0.4, 0.5) is 5.69 Å². The normalized spacial score (nSPS) is 11.2. The summed E-state index contributed by atoms with van der Waals surface area (Å²) in [4.78, 5) is 24.3. The van der Waals surface area contributed by atoms with Gasteiger partial charge in [-0.1, -0.05) is 22.0 Å². The first-order valence-electron chi connectivity index (χ1n) is 5.80. The molecule has 1 aromatic rings. The number of benzene rings is 1.